The number of alkyl halides is 5. The SMILES string of the molecule is CC1(c2ccc3c(c2)OCO3)NC(=O)N(CCCCOc2c(CCc3ccccc3)cc(C(O)(C(F)F)C(F)(F)F)cc2CCc2ccccc2)C1=O. The highest BCUT2D eigenvalue weighted by Crippen LogP contribution is 2.46. The number of imide groups is 1. The number of aliphatic hydroxyl groups is 1. The number of hydrogen-bond donors (Lipinski definition) is 2. The first-order valence-corrected chi connectivity index (χ1v) is 17.3. The van der Waals surface area contributed by atoms with Crippen molar-refractivity contribution in [2.75, 3.05) is 19.9 Å². The number of aryl methyl sites for hydroxylation is 4. The molecule has 2 atom stereocenters. The van der Waals surface area contributed by atoms with Crippen molar-refractivity contribution in [3.63, 3.8) is 0 Å². The monoisotopic (exact) mass is 738 g/mol. The molecular weight excluding hydrogens is 699 g/mol. The fourth-order valence-electron chi connectivity index (χ4n) is 6.64. The van der Waals surface area contributed by atoms with Gasteiger partial charge in [0.25, 0.3) is 12.3 Å². The minimum absolute atomic E-state index is 0.0531. The summed E-state index contributed by atoms with van der Waals surface area (Å²) in [5.74, 6) is 0.820. The van der Waals surface area contributed by atoms with E-state index < -0.39 is 41.2 Å². The van der Waals surface area contributed by atoms with E-state index in [-0.39, 0.29) is 49.7 Å². The molecule has 4 aromatic carbocycles. The summed E-state index contributed by atoms with van der Waals surface area (Å²) < 4.78 is 87.7. The van der Waals surface area contributed by atoms with Gasteiger partial charge in [0.1, 0.15) is 11.3 Å². The largest absolute Gasteiger partial charge is 0.493 e. The van der Waals surface area contributed by atoms with Gasteiger partial charge in [0.2, 0.25) is 12.4 Å². The van der Waals surface area contributed by atoms with Gasteiger partial charge in [-0.05, 0) is 103 Å². The minimum atomic E-state index is -5.66. The van der Waals surface area contributed by atoms with Gasteiger partial charge in [-0.1, -0.05) is 66.7 Å². The fraction of sp³-hybridized carbons (Fsp3) is 0.350. The molecule has 2 aliphatic heterocycles. The summed E-state index contributed by atoms with van der Waals surface area (Å²) >= 11 is 0. The van der Waals surface area contributed by atoms with Crippen molar-refractivity contribution in [3.8, 4) is 17.2 Å². The molecule has 2 heterocycles. The number of nitrogens with zero attached hydrogens (tertiary/aromatic N) is 1. The highest BCUT2D eigenvalue weighted by Gasteiger charge is 2.62. The maximum absolute atomic E-state index is 14.1. The molecule has 0 aliphatic carbocycles. The second-order valence-electron chi connectivity index (χ2n) is 13.3. The van der Waals surface area contributed by atoms with Crippen LogP contribution in [0.5, 0.6) is 17.2 Å². The van der Waals surface area contributed by atoms with Crippen LogP contribution in [-0.2, 0) is 41.6 Å². The van der Waals surface area contributed by atoms with Crippen LogP contribution in [0.3, 0.4) is 0 Å². The lowest BCUT2D eigenvalue weighted by atomic mass is 9.87. The lowest BCUT2D eigenvalue weighted by Crippen LogP contribution is -2.48. The highest BCUT2D eigenvalue weighted by atomic mass is 19.4. The molecule has 2 aliphatic rings. The number of carbonyl (C=O) groups excluding carboxylic acids is 2. The number of halogens is 5. The number of carbonyl (C=O) groups is 2. The number of fused-ring (bicyclic) bond motifs is 1. The number of unbranched alkanes of at least 4 members (excludes halogenated alkanes) is 1. The van der Waals surface area contributed by atoms with Crippen LogP contribution in [0.1, 0.15) is 53.1 Å². The third-order valence-electron chi connectivity index (χ3n) is 9.73. The van der Waals surface area contributed by atoms with Crippen LogP contribution in [0.2, 0.25) is 0 Å². The lowest BCUT2D eigenvalue weighted by Gasteiger charge is -2.31. The molecular formula is C40H39F5N2O6. The average molecular weight is 739 g/mol. The van der Waals surface area contributed by atoms with Crippen molar-refractivity contribution in [2.45, 2.75) is 69.2 Å². The Bertz CT molecular complexity index is 1860. The summed E-state index contributed by atoms with van der Waals surface area (Å²) in [5.41, 5.74) is -3.92. The highest BCUT2D eigenvalue weighted by molar-refractivity contribution is 6.07. The Kier molecular flexibility index (Phi) is 10.9. The number of hydrogen-bond acceptors (Lipinski definition) is 6. The molecule has 280 valence electrons. The van der Waals surface area contributed by atoms with Crippen LogP contribution in [0.25, 0.3) is 0 Å². The van der Waals surface area contributed by atoms with E-state index >= 15 is 0 Å². The van der Waals surface area contributed by atoms with E-state index in [2.05, 4.69) is 5.32 Å². The molecule has 0 bridgehead atoms. The molecule has 0 spiro atoms. The second-order valence-corrected chi connectivity index (χ2v) is 13.3. The average Bonchev–Trinajstić information content (AvgIpc) is 3.71. The van der Waals surface area contributed by atoms with Gasteiger partial charge in [-0.15, -0.1) is 0 Å². The number of nitrogens with one attached hydrogen (secondary N) is 1. The van der Waals surface area contributed by atoms with Gasteiger partial charge in [0.15, 0.2) is 11.5 Å². The number of amides is 3. The molecule has 2 N–H and O–H groups in total. The molecule has 0 radical (unpaired) electrons. The summed E-state index contributed by atoms with van der Waals surface area (Å²) in [6.45, 7) is 1.79. The molecule has 8 nitrogen and oxygen atoms in total. The Morgan fingerprint density at radius 3 is 1.98 bits per heavy atom. The summed E-state index contributed by atoms with van der Waals surface area (Å²) in [5, 5.41) is 13.3. The molecule has 53 heavy (non-hydrogen) atoms. The van der Waals surface area contributed by atoms with E-state index in [1.165, 1.54) is 0 Å². The number of ether oxygens (including phenoxy) is 3. The Morgan fingerprint density at radius 1 is 0.830 bits per heavy atom. The third kappa shape index (κ3) is 7.80. The zero-order valence-electron chi connectivity index (χ0n) is 28.9. The van der Waals surface area contributed by atoms with Crippen molar-refractivity contribution < 1.29 is 50.9 Å². The summed E-state index contributed by atoms with van der Waals surface area (Å²) in [7, 11) is 0. The van der Waals surface area contributed by atoms with Crippen LogP contribution < -0.4 is 19.5 Å². The summed E-state index contributed by atoms with van der Waals surface area (Å²) in [6, 6.07) is 24.7. The predicted molar refractivity (Wildman–Crippen MR) is 185 cm³/mol. The van der Waals surface area contributed by atoms with E-state index in [0.717, 1.165) is 28.2 Å². The minimum Gasteiger partial charge on any atom is -0.493 e. The maximum atomic E-state index is 14.1. The molecule has 3 amide bonds. The number of benzene rings is 4. The zero-order valence-corrected chi connectivity index (χ0v) is 28.9. The van der Waals surface area contributed by atoms with E-state index in [1.807, 2.05) is 60.7 Å². The Balaban J connectivity index is 1.22. The van der Waals surface area contributed by atoms with Gasteiger partial charge in [-0.25, -0.2) is 13.6 Å². The van der Waals surface area contributed by atoms with E-state index in [4.69, 9.17) is 14.2 Å². The van der Waals surface area contributed by atoms with Crippen molar-refractivity contribution in [3.05, 3.63) is 124 Å². The molecule has 6 rings (SSSR count). The van der Waals surface area contributed by atoms with Crippen molar-refractivity contribution in [1.29, 1.82) is 0 Å². The quantitative estimate of drug-likeness (QED) is 0.0740. The van der Waals surface area contributed by atoms with Crippen LogP contribution >= 0.6 is 0 Å². The molecule has 1 saturated heterocycles. The maximum Gasteiger partial charge on any atom is 0.427 e. The number of rotatable bonds is 15. The van der Waals surface area contributed by atoms with Gasteiger partial charge in [0, 0.05) is 6.54 Å². The first-order valence-electron chi connectivity index (χ1n) is 17.3. The van der Waals surface area contributed by atoms with Crippen molar-refractivity contribution in [2.24, 2.45) is 0 Å². The molecule has 4 aromatic rings. The smallest absolute Gasteiger partial charge is 0.427 e. The predicted octanol–water partition coefficient (Wildman–Crippen LogP) is 7.63. The van der Waals surface area contributed by atoms with Crippen LogP contribution in [-0.4, -0.2) is 54.5 Å². The van der Waals surface area contributed by atoms with Gasteiger partial charge >= 0.3 is 12.2 Å². The first kappa shape index (κ1) is 37.6. The molecule has 2 unspecified atom stereocenters. The Morgan fingerprint density at radius 2 is 1.42 bits per heavy atom. The van der Waals surface area contributed by atoms with Gasteiger partial charge in [0.05, 0.1) is 6.61 Å². The van der Waals surface area contributed by atoms with Crippen LogP contribution in [0.4, 0.5) is 26.7 Å². The van der Waals surface area contributed by atoms with Gasteiger partial charge in [-0.2, -0.15) is 13.2 Å². The number of urea groups is 1. The van der Waals surface area contributed by atoms with E-state index in [0.29, 0.717) is 42.7 Å². The molecule has 1 fully saturated rings. The van der Waals surface area contributed by atoms with E-state index in [1.54, 1.807) is 25.1 Å². The fourth-order valence-corrected chi connectivity index (χ4v) is 6.64. The Hall–Kier alpha value is -5.17. The molecule has 0 saturated carbocycles. The van der Waals surface area contributed by atoms with Crippen LogP contribution in [0, 0.1) is 0 Å². The van der Waals surface area contributed by atoms with E-state index in [9.17, 15) is 36.6 Å². The van der Waals surface area contributed by atoms with Gasteiger partial charge < -0.3 is 24.6 Å². The summed E-state index contributed by atoms with van der Waals surface area (Å²) in [4.78, 5) is 27.6. The van der Waals surface area contributed by atoms with Gasteiger partial charge in [-0.3, -0.25) is 9.69 Å². The Labute approximate surface area is 303 Å². The lowest BCUT2D eigenvalue weighted by molar-refractivity contribution is -0.305. The van der Waals surface area contributed by atoms with Crippen LogP contribution in [0.15, 0.2) is 91.0 Å². The topological polar surface area (TPSA) is 97.3 Å². The summed E-state index contributed by atoms with van der Waals surface area (Å²) in [6.07, 6.45) is -8.09. The van der Waals surface area contributed by atoms with Crippen molar-refractivity contribution >= 4 is 11.9 Å². The van der Waals surface area contributed by atoms with Crippen molar-refractivity contribution in [1.82, 2.24) is 10.2 Å². The zero-order chi connectivity index (χ0) is 37.8. The molecule has 0 aromatic heterocycles. The third-order valence-corrected chi connectivity index (χ3v) is 9.73. The first-order chi connectivity index (χ1) is 25.3. The second kappa shape index (κ2) is 15.4. The molecule has 13 heteroatoms. The standard InChI is InChI=1S/C40H39F5N2O6/c1-38(30-18-19-32-33(24-30)53-25-52-32)36(48)47(37(49)46-38)20-8-9-21-51-34-28(16-14-26-10-4-2-5-11-26)22-31(39(50,35(41)42)40(43,44)45)23-29(34)17-15-27-12-6-3-7-13-27/h2-7,10-13,18-19,22-24,35,50H,8-9,14-17,20-21,25H2,1H3,(H,46,49). The normalized spacial score (nSPS) is 18.0.